The molecule has 17 heavy (non-hydrogen) atoms. The second-order valence-corrected chi connectivity index (χ2v) is 3.82. The van der Waals surface area contributed by atoms with Crippen LogP contribution in [0.25, 0.3) is 0 Å². The van der Waals surface area contributed by atoms with E-state index in [1.54, 1.807) is 23.1 Å². The van der Waals surface area contributed by atoms with E-state index in [1.165, 1.54) is 0 Å². The maximum atomic E-state index is 12.2. The van der Waals surface area contributed by atoms with Crippen LogP contribution in [0, 0.1) is 6.92 Å². The molecule has 3 heteroatoms. The van der Waals surface area contributed by atoms with Gasteiger partial charge in [0.2, 0.25) is 0 Å². The van der Waals surface area contributed by atoms with Crippen LogP contribution in [0.1, 0.15) is 15.9 Å². The van der Waals surface area contributed by atoms with Crippen molar-refractivity contribution in [3.8, 4) is 0 Å². The average molecular weight is 230 g/mol. The standard InChI is InChI=1S/C14H18N2O/c1-4-9-16(10-5-2)14(17)12-8-6-7-11(3)13(12)15/h4-8H,1-2,9-10,15H2,3H3. The van der Waals surface area contributed by atoms with Gasteiger partial charge in [-0.1, -0.05) is 24.3 Å². The first kappa shape index (κ1) is 13.0. The van der Waals surface area contributed by atoms with Gasteiger partial charge in [-0.25, -0.2) is 0 Å². The highest BCUT2D eigenvalue weighted by Gasteiger charge is 2.16. The highest BCUT2D eigenvalue weighted by Crippen LogP contribution is 2.18. The predicted octanol–water partition coefficient (Wildman–Crippen LogP) is 2.39. The number of hydrogen-bond donors (Lipinski definition) is 1. The number of hydrogen-bond acceptors (Lipinski definition) is 2. The minimum atomic E-state index is -0.0917. The van der Waals surface area contributed by atoms with Crippen LogP contribution in [-0.2, 0) is 0 Å². The van der Waals surface area contributed by atoms with Crippen LogP contribution in [0.3, 0.4) is 0 Å². The molecular formula is C14H18N2O. The van der Waals surface area contributed by atoms with Gasteiger partial charge in [0.25, 0.3) is 5.91 Å². The molecular weight excluding hydrogens is 212 g/mol. The Hall–Kier alpha value is -2.03. The minimum Gasteiger partial charge on any atom is -0.398 e. The minimum absolute atomic E-state index is 0.0917. The summed E-state index contributed by atoms with van der Waals surface area (Å²) in [5.41, 5.74) is 7.90. The van der Waals surface area contributed by atoms with Crippen LogP contribution in [0.4, 0.5) is 5.69 Å². The van der Waals surface area contributed by atoms with Crippen molar-refractivity contribution < 1.29 is 4.79 Å². The summed E-state index contributed by atoms with van der Waals surface area (Å²) in [6.07, 6.45) is 3.38. The molecule has 1 amide bonds. The monoisotopic (exact) mass is 230 g/mol. The number of rotatable bonds is 5. The van der Waals surface area contributed by atoms with E-state index in [0.29, 0.717) is 24.3 Å². The molecule has 0 unspecified atom stereocenters. The molecule has 0 spiro atoms. The Balaban J connectivity index is 3.04. The van der Waals surface area contributed by atoms with Crippen molar-refractivity contribution in [3.63, 3.8) is 0 Å². The largest absolute Gasteiger partial charge is 0.398 e. The van der Waals surface area contributed by atoms with Crippen LogP contribution in [0.5, 0.6) is 0 Å². The average Bonchev–Trinajstić information content (AvgIpc) is 2.31. The number of nitrogen functional groups attached to an aromatic ring is 1. The highest BCUT2D eigenvalue weighted by atomic mass is 16.2. The molecule has 0 aromatic heterocycles. The third-order valence-corrected chi connectivity index (χ3v) is 2.54. The van der Waals surface area contributed by atoms with Crippen molar-refractivity contribution in [1.82, 2.24) is 4.90 Å². The summed E-state index contributed by atoms with van der Waals surface area (Å²) in [5.74, 6) is -0.0917. The summed E-state index contributed by atoms with van der Waals surface area (Å²) in [6.45, 7) is 10.1. The van der Waals surface area contributed by atoms with Gasteiger partial charge in [0.05, 0.1) is 5.56 Å². The van der Waals surface area contributed by atoms with E-state index in [-0.39, 0.29) is 5.91 Å². The summed E-state index contributed by atoms with van der Waals surface area (Å²) in [5, 5.41) is 0. The number of anilines is 1. The molecule has 0 bridgehead atoms. The van der Waals surface area contributed by atoms with Crippen LogP contribution in [0.2, 0.25) is 0 Å². The first-order chi connectivity index (χ1) is 8.11. The third kappa shape index (κ3) is 2.97. The summed E-state index contributed by atoms with van der Waals surface area (Å²) in [4.78, 5) is 13.9. The zero-order valence-electron chi connectivity index (χ0n) is 10.1. The van der Waals surface area contributed by atoms with Crippen LogP contribution in [-0.4, -0.2) is 23.9 Å². The van der Waals surface area contributed by atoms with E-state index in [1.807, 2.05) is 19.1 Å². The van der Waals surface area contributed by atoms with Crippen molar-refractivity contribution in [1.29, 1.82) is 0 Å². The molecule has 2 N–H and O–H groups in total. The van der Waals surface area contributed by atoms with Crippen LogP contribution >= 0.6 is 0 Å². The number of para-hydroxylation sites is 1. The number of nitrogens with two attached hydrogens (primary N) is 1. The van der Waals surface area contributed by atoms with Gasteiger partial charge >= 0.3 is 0 Å². The molecule has 0 atom stereocenters. The molecule has 1 aromatic carbocycles. The Morgan fingerprint density at radius 1 is 1.35 bits per heavy atom. The topological polar surface area (TPSA) is 46.3 Å². The lowest BCUT2D eigenvalue weighted by Gasteiger charge is -2.20. The molecule has 0 fully saturated rings. The van der Waals surface area contributed by atoms with Gasteiger partial charge in [-0.15, -0.1) is 13.2 Å². The Bertz CT molecular complexity index is 428. The van der Waals surface area contributed by atoms with E-state index in [2.05, 4.69) is 13.2 Å². The molecule has 3 nitrogen and oxygen atoms in total. The Morgan fingerprint density at radius 2 is 1.94 bits per heavy atom. The summed E-state index contributed by atoms with van der Waals surface area (Å²) >= 11 is 0. The Labute approximate surface area is 102 Å². The van der Waals surface area contributed by atoms with Gasteiger partial charge < -0.3 is 10.6 Å². The first-order valence-corrected chi connectivity index (χ1v) is 5.48. The second-order valence-electron chi connectivity index (χ2n) is 3.82. The molecule has 90 valence electrons. The lowest BCUT2D eigenvalue weighted by molar-refractivity contribution is 0.0792. The van der Waals surface area contributed by atoms with Gasteiger partial charge in [0.1, 0.15) is 0 Å². The molecule has 0 radical (unpaired) electrons. The van der Waals surface area contributed by atoms with Gasteiger partial charge in [-0.2, -0.15) is 0 Å². The molecule has 0 heterocycles. The Kier molecular flexibility index (Phi) is 4.52. The van der Waals surface area contributed by atoms with E-state index < -0.39 is 0 Å². The molecule has 0 saturated heterocycles. The van der Waals surface area contributed by atoms with Crippen molar-refractivity contribution in [3.05, 3.63) is 54.6 Å². The van der Waals surface area contributed by atoms with E-state index in [9.17, 15) is 4.79 Å². The number of carbonyl (C=O) groups is 1. The molecule has 1 rings (SSSR count). The van der Waals surface area contributed by atoms with E-state index in [0.717, 1.165) is 5.56 Å². The van der Waals surface area contributed by atoms with Crippen LogP contribution < -0.4 is 5.73 Å². The van der Waals surface area contributed by atoms with Gasteiger partial charge in [0, 0.05) is 18.8 Å². The molecule has 0 saturated carbocycles. The normalized spacial score (nSPS) is 9.71. The number of aryl methyl sites for hydroxylation is 1. The van der Waals surface area contributed by atoms with Gasteiger partial charge in [-0.3, -0.25) is 4.79 Å². The lowest BCUT2D eigenvalue weighted by atomic mass is 10.1. The molecule has 0 aliphatic carbocycles. The zero-order chi connectivity index (χ0) is 12.8. The fourth-order valence-electron chi connectivity index (χ4n) is 1.59. The summed E-state index contributed by atoms with van der Waals surface area (Å²) < 4.78 is 0. The van der Waals surface area contributed by atoms with Crippen molar-refractivity contribution in [2.75, 3.05) is 18.8 Å². The van der Waals surface area contributed by atoms with E-state index in [4.69, 9.17) is 5.73 Å². The first-order valence-electron chi connectivity index (χ1n) is 5.48. The zero-order valence-corrected chi connectivity index (χ0v) is 10.1. The van der Waals surface area contributed by atoms with Gasteiger partial charge in [-0.05, 0) is 18.6 Å². The maximum Gasteiger partial charge on any atom is 0.256 e. The maximum absolute atomic E-state index is 12.2. The summed E-state index contributed by atoms with van der Waals surface area (Å²) in [6, 6.07) is 5.46. The number of nitrogens with zero attached hydrogens (tertiary/aromatic N) is 1. The second kappa shape index (κ2) is 5.89. The SMILES string of the molecule is C=CCN(CC=C)C(=O)c1cccc(C)c1N. The fraction of sp³-hybridized carbons (Fsp3) is 0.214. The Morgan fingerprint density at radius 3 is 2.47 bits per heavy atom. The number of amides is 1. The van der Waals surface area contributed by atoms with Crippen molar-refractivity contribution >= 4 is 11.6 Å². The van der Waals surface area contributed by atoms with Crippen molar-refractivity contribution in [2.24, 2.45) is 0 Å². The van der Waals surface area contributed by atoms with Crippen LogP contribution in [0.15, 0.2) is 43.5 Å². The quantitative estimate of drug-likeness (QED) is 0.623. The molecule has 0 aliphatic rings. The highest BCUT2D eigenvalue weighted by molar-refractivity contribution is 5.99. The molecule has 0 aliphatic heterocycles. The summed E-state index contributed by atoms with van der Waals surface area (Å²) in [7, 11) is 0. The predicted molar refractivity (Wildman–Crippen MR) is 71.9 cm³/mol. The third-order valence-electron chi connectivity index (χ3n) is 2.54. The number of carbonyl (C=O) groups excluding carboxylic acids is 1. The smallest absolute Gasteiger partial charge is 0.256 e. The molecule has 1 aromatic rings. The van der Waals surface area contributed by atoms with E-state index >= 15 is 0 Å². The number of benzene rings is 1. The fourth-order valence-corrected chi connectivity index (χ4v) is 1.59. The van der Waals surface area contributed by atoms with Gasteiger partial charge in [0.15, 0.2) is 0 Å². The van der Waals surface area contributed by atoms with Crippen molar-refractivity contribution in [2.45, 2.75) is 6.92 Å². The lowest BCUT2D eigenvalue weighted by Crippen LogP contribution is -2.31.